The van der Waals surface area contributed by atoms with Crippen LogP contribution < -0.4 is 15.5 Å². The van der Waals surface area contributed by atoms with Crippen LogP contribution in [0.15, 0.2) is 0 Å². The zero-order chi connectivity index (χ0) is 15.1. The lowest BCUT2D eigenvalue weighted by molar-refractivity contribution is 0.105. The Kier molecular flexibility index (Phi) is 5.94. The maximum atomic E-state index is 9.40. The zero-order valence-corrected chi connectivity index (χ0v) is 12.4. The Labute approximate surface area is 124 Å². The van der Waals surface area contributed by atoms with Crippen molar-refractivity contribution in [1.29, 1.82) is 0 Å². The first-order valence-electron chi connectivity index (χ1n) is 7.50. The predicted molar refractivity (Wildman–Crippen MR) is 81.6 cm³/mol. The normalized spacial score (nSPS) is 16.0. The second-order valence-electron chi connectivity index (χ2n) is 5.12. The van der Waals surface area contributed by atoms with E-state index in [4.69, 9.17) is 5.11 Å². The molecule has 0 spiro atoms. The maximum Gasteiger partial charge on any atom is 0.231 e. The van der Waals surface area contributed by atoms with Gasteiger partial charge in [0.05, 0.1) is 12.7 Å². The van der Waals surface area contributed by atoms with E-state index in [0.717, 1.165) is 38.9 Å². The molecule has 21 heavy (non-hydrogen) atoms. The smallest absolute Gasteiger partial charge is 0.231 e. The summed E-state index contributed by atoms with van der Waals surface area (Å²) in [6.45, 7) is 4.69. The monoisotopic (exact) mass is 296 g/mol. The van der Waals surface area contributed by atoms with E-state index in [1.54, 1.807) is 0 Å². The molecule has 8 heteroatoms. The van der Waals surface area contributed by atoms with Crippen molar-refractivity contribution in [2.24, 2.45) is 0 Å². The first-order valence-corrected chi connectivity index (χ1v) is 7.50. The molecule has 2 rings (SSSR count). The van der Waals surface area contributed by atoms with Crippen LogP contribution in [0.1, 0.15) is 26.2 Å². The van der Waals surface area contributed by atoms with Gasteiger partial charge in [-0.1, -0.05) is 6.92 Å². The van der Waals surface area contributed by atoms with Gasteiger partial charge in [-0.25, -0.2) is 0 Å². The van der Waals surface area contributed by atoms with Crippen molar-refractivity contribution in [1.82, 2.24) is 15.0 Å². The molecule has 1 saturated heterocycles. The Morgan fingerprint density at radius 3 is 2.43 bits per heavy atom. The van der Waals surface area contributed by atoms with Gasteiger partial charge in [0.15, 0.2) is 0 Å². The minimum absolute atomic E-state index is 0.202. The summed E-state index contributed by atoms with van der Waals surface area (Å²) in [6, 6.07) is 0. The number of aromatic nitrogens is 3. The molecule has 0 aliphatic carbocycles. The van der Waals surface area contributed by atoms with Crippen LogP contribution >= 0.6 is 0 Å². The number of nitrogens with zero attached hydrogens (tertiary/aromatic N) is 4. The van der Waals surface area contributed by atoms with E-state index in [1.807, 2.05) is 0 Å². The van der Waals surface area contributed by atoms with Crippen molar-refractivity contribution in [2.75, 3.05) is 48.3 Å². The van der Waals surface area contributed by atoms with Gasteiger partial charge in [-0.15, -0.1) is 0 Å². The predicted octanol–water partition coefficient (Wildman–Crippen LogP) is 0.0588. The number of hydrogen-bond acceptors (Lipinski definition) is 8. The van der Waals surface area contributed by atoms with E-state index in [0.29, 0.717) is 17.8 Å². The molecule has 1 aliphatic heterocycles. The summed E-state index contributed by atoms with van der Waals surface area (Å²) < 4.78 is 0. The first-order chi connectivity index (χ1) is 10.2. The molecule has 1 fully saturated rings. The molecule has 0 aromatic carbocycles. The van der Waals surface area contributed by atoms with Gasteiger partial charge in [0.25, 0.3) is 0 Å². The number of aliphatic hydroxyl groups excluding tert-OH is 2. The quantitative estimate of drug-likeness (QED) is 0.533. The number of rotatable bonds is 8. The van der Waals surface area contributed by atoms with Gasteiger partial charge >= 0.3 is 0 Å². The minimum Gasteiger partial charge on any atom is -0.394 e. The van der Waals surface area contributed by atoms with Crippen molar-refractivity contribution in [3.05, 3.63) is 0 Å². The topological polar surface area (TPSA) is 106 Å². The molecule has 0 saturated carbocycles. The average molecular weight is 296 g/mol. The maximum absolute atomic E-state index is 9.40. The highest BCUT2D eigenvalue weighted by Crippen LogP contribution is 2.18. The molecule has 1 aliphatic rings. The first kappa shape index (κ1) is 15.7. The number of aliphatic hydroxyl groups is 2. The molecule has 1 aromatic heterocycles. The van der Waals surface area contributed by atoms with E-state index < -0.39 is 6.10 Å². The Morgan fingerprint density at radius 2 is 1.81 bits per heavy atom. The third-order valence-electron chi connectivity index (χ3n) is 3.25. The van der Waals surface area contributed by atoms with Crippen LogP contribution in [0.2, 0.25) is 0 Å². The fourth-order valence-electron chi connectivity index (χ4n) is 2.09. The van der Waals surface area contributed by atoms with Gasteiger partial charge in [0, 0.05) is 26.2 Å². The highest BCUT2D eigenvalue weighted by atomic mass is 16.3. The molecule has 1 unspecified atom stereocenters. The van der Waals surface area contributed by atoms with Crippen molar-refractivity contribution < 1.29 is 10.2 Å². The third kappa shape index (κ3) is 4.68. The number of nitrogens with one attached hydrogen (secondary N) is 2. The Hall–Kier alpha value is -1.67. The van der Waals surface area contributed by atoms with Crippen LogP contribution in [0, 0.1) is 0 Å². The van der Waals surface area contributed by atoms with E-state index in [-0.39, 0.29) is 13.2 Å². The molecule has 0 radical (unpaired) electrons. The van der Waals surface area contributed by atoms with Crippen LogP contribution in [0.5, 0.6) is 0 Å². The molecule has 0 bridgehead atoms. The molecule has 118 valence electrons. The number of hydrogen-bond donors (Lipinski definition) is 4. The van der Waals surface area contributed by atoms with Crippen LogP contribution in [-0.4, -0.2) is 64.1 Å². The second-order valence-corrected chi connectivity index (χ2v) is 5.12. The standard InChI is InChI=1S/C13H24N6O2/c1-2-5-14-11-16-12(15-8-10(21)9-20)18-13(17-11)19-6-3-4-7-19/h10,20-21H,2-9H2,1H3,(H2,14,15,16,17,18). The molecule has 2 heterocycles. The zero-order valence-electron chi connectivity index (χ0n) is 12.4. The van der Waals surface area contributed by atoms with E-state index in [2.05, 4.69) is 37.4 Å². The fourth-order valence-corrected chi connectivity index (χ4v) is 2.09. The minimum atomic E-state index is -0.830. The van der Waals surface area contributed by atoms with Gasteiger partial charge < -0.3 is 25.7 Å². The van der Waals surface area contributed by atoms with Crippen LogP contribution in [-0.2, 0) is 0 Å². The SMILES string of the molecule is CCCNc1nc(NCC(O)CO)nc(N2CCCC2)n1. The fraction of sp³-hybridized carbons (Fsp3) is 0.769. The summed E-state index contributed by atoms with van der Waals surface area (Å²) in [4.78, 5) is 15.2. The van der Waals surface area contributed by atoms with Gasteiger partial charge in [-0.05, 0) is 19.3 Å². The van der Waals surface area contributed by atoms with E-state index in [1.165, 1.54) is 0 Å². The summed E-state index contributed by atoms with van der Waals surface area (Å²) >= 11 is 0. The lowest BCUT2D eigenvalue weighted by Crippen LogP contribution is -2.26. The molecular formula is C13H24N6O2. The summed E-state index contributed by atoms with van der Waals surface area (Å²) in [5, 5.41) is 24.3. The molecule has 8 nitrogen and oxygen atoms in total. The Balaban J connectivity index is 2.11. The molecule has 0 amide bonds. The summed E-state index contributed by atoms with van der Waals surface area (Å²) in [5.74, 6) is 1.61. The highest BCUT2D eigenvalue weighted by molar-refractivity contribution is 5.44. The van der Waals surface area contributed by atoms with E-state index >= 15 is 0 Å². The van der Waals surface area contributed by atoms with Gasteiger partial charge in [0.1, 0.15) is 0 Å². The molecule has 4 N–H and O–H groups in total. The lowest BCUT2D eigenvalue weighted by Gasteiger charge is -2.17. The summed E-state index contributed by atoms with van der Waals surface area (Å²) in [5.41, 5.74) is 0. The van der Waals surface area contributed by atoms with Crippen LogP contribution in [0.25, 0.3) is 0 Å². The van der Waals surface area contributed by atoms with Gasteiger partial charge in [-0.2, -0.15) is 15.0 Å². The Morgan fingerprint density at radius 1 is 1.14 bits per heavy atom. The molecule has 1 aromatic rings. The van der Waals surface area contributed by atoms with Crippen molar-refractivity contribution in [3.63, 3.8) is 0 Å². The summed E-state index contributed by atoms with van der Waals surface area (Å²) in [7, 11) is 0. The Bertz CT molecular complexity index is 439. The molecular weight excluding hydrogens is 272 g/mol. The van der Waals surface area contributed by atoms with E-state index in [9.17, 15) is 5.11 Å². The van der Waals surface area contributed by atoms with Crippen molar-refractivity contribution in [3.8, 4) is 0 Å². The van der Waals surface area contributed by atoms with Gasteiger partial charge in [-0.3, -0.25) is 0 Å². The summed E-state index contributed by atoms with van der Waals surface area (Å²) in [6.07, 6.45) is 2.45. The largest absolute Gasteiger partial charge is 0.394 e. The third-order valence-corrected chi connectivity index (χ3v) is 3.25. The average Bonchev–Trinajstić information content (AvgIpc) is 3.04. The number of anilines is 3. The van der Waals surface area contributed by atoms with Crippen LogP contribution in [0.4, 0.5) is 17.8 Å². The second kappa shape index (κ2) is 7.94. The van der Waals surface area contributed by atoms with Crippen molar-refractivity contribution in [2.45, 2.75) is 32.3 Å². The van der Waals surface area contributed by atoms with Crippen LogP contribution in [0.3, 0.4) is 0 Å². The van der Waals surface area contributed by atoms with Gasteiger partial charge in [0.2, 0.25) is 17.8 Å². The lowest BCUT2D eigenvalue weighted by atomic mass is 10.4. The van der Waals surface area contributed by atoms with Crippen molar-refractivity contribution >= 4 is 17.8 Å². The highest BCUT2D eigenvalue weighted by Gasteiger charge is 2.17. The molecule has 1 atom stereocenters.